The summed E-state index contributed by atoms with van der Waals surface area (Å²) in [6.07, 6.45) is 5.87. The van der Waals surface area contributed by atoms with Crippen LogP contribution in [-0.4, -0.2) is 21.3 Å². The molecule has 0 aliphatic heterocycles. The molecule has 2 bridgehead atoms. The summed E-state index contributed by atoms with van der Waals surface area (Å²) in [5.41, 5.74) is 0.806. The van der Waals surface area contributed by atoms with Crippen molar-refractivity contribution < 1.29 is 12.6 Å². The van der Waals surface area contributed by atoms with Crippen LogP contribution in [0, 0.1) is 10.8 Å². The van der Waals surface area contributed by atoms with E-state index in [4.69, 9.17) is 4.18 Å². The van der Waals surface area contributed by atoms with Crippen LogP contribution in [-0.2, 0) is 14.3 Å². The molecule has 0 spiro atoms. The molecule has 0 saturated heterocycles. The van der Waals surface area contributed by atoms with Crippen LogP contribution < -0.4 is 0 Å². The highest BCUT2D eigenvalue weighted by atomic mass is 32.2. The number of hydrogen-bond donors (Lipinski definition) is 0. The van der Waals surface area contributed by atoms with Gasteiger partial charge in [0.15, 0.2) is 0 Å². The van der Waals surface area contributed by atoms with Gasteiger partial charge in [0.2, 0.25) is 0 Å². The Morgan fingerprint density at radius 2 is 1.77 bits per heavy atom. The van der Waals surface area contributed by atoms with E-state index in [-0.39, 0.29) is 5.41 Å². The average molecular weight is 204 g/mol. The van der Waals surface area contributed by atoms with Crippen molar-refractivity contribution in [3.05, 3.63) is 0 Å². The quantitative estimate of drug-likeness (QED) is 0.652. The van der Waals surface area contributed by atoms with Gasteiger partial charge in [-0.2, -0.15) is 8.42 Å². The van der Waals surface area contributed by atoms with E-state index in [1.54, 1.807) is 0 Å². The molecule has 3 saturated carbocycles. The summed E-state index contributed by atoms with van der Waals surface area (Å²) in [4.78, 5) is 0. The predicted molar refractivity (Wildman–Crippen MR) is 49.8 cm³/mol. The fraction of sp³-hybridized carbons (Fsp3) is 1.00. The van der Waals surface area contributed by atoms with Crippen LogP contribution in [0.25, 0.3) is 0 Å². The standard InChI is InChI=1S/C9H16O3S/c1-3-8-4-9(5-8,6-8)7-12-13(2,10)11/h3-7H2,1-2H3. The van der Waals surface area contributed by atoms with E-state index >= 15 is 0 Å². The van der Waals surface area contributed by atoms with Crippen LogP contribution in [0.3, 0.4) is 0 Å². The molecule has 0 aromatic carbocycles. The summed E-state index contributed by atoms with van der Waals surface area (Å²) in [5, 5.41) is 0. The molecule has 0 atom stereocenters. The third kappa shape index (κ3) is 1.50. The smallest absolute Gasteiger partial charge is 0.264 e. The van der Waals surface area contributed by atoms with Crippen molar-refractivity contribution in [1.82, 2.24) is 0 Å². The molecule has 0 N–H and O–H groups in total. The highest BCUT2D eigenvalue weighted by molar-refractivity contribution is 7.85. The molecule has 0 amide bonds. The van der Waals surface area contributed by atoms with E-state index in [9.17, 15) is 8.42 Å². The van der Waals surface area contributed by atoms with Crippen molar-refractivity contribution in [2.24, 2.45) is 10.8 Å². The van der Waals surface area contributed by atoms with E-state index < -0.39 is 10.1 Å². The molecule has 3 aliphatic rings. The Balaban J connectivity index is 1.82. The van der Waals surface area contributed by atoms with Gasteiger partial charge in [0.1, 0.15) is 0 Å². The molecule has 13 heavy (non-hydrogen) atoms. The van der Waals surface area contributed by atoms with Crippen LogP contribution in [0.2, 0.25) is 0 Å². The molecular weight excluding hydrogens is 188 g/mol. The second-order valence-electron chi connectivity index (χ2n) is 4.85. The number of rotatable bonds is 4. The van der Waals surface area contributed by atoms with E-state index in [1.165, 1.54) is 25.7 Å². The maximum absolute atomic E-state index is 10.8. The van der Waals surface area contributed by atoms with Gasteiger partial charge in [-0.25, -0.2) is 0 Å². The second-order valence-corrected chi connectivity index (χ2v) is 6.49. The highest BCUT2D eigenvalue weighted by Gasteiger charge is 2.66. The van der Waals surface area contributed by atoms with Crippen LogP contribution in [0.15, 0.2) is 0 Å². The molecule has 0 radical (unpaired) electrons. The van der Waals surface area contributed by atoms with E-state index in [1.807, 2.05) is 0 Å². The third-order valence-electron chi connectivity index (χ3n) is 3.58. The fourth-order valence-electron chi connectivity index (χ4n) is 2.99. The van der Waals surface area contributed by atoms with Crippen molar-refractivity contribution in [3.63, 3.8) is 0 Å². The normalized spacial score (nSPS) is 42.3. The van der Waals surface area contributed by atoms with Crippen molar-refractivity contribution in [1.29, 1.82) is 0 Å². The minimum absolute atomic E-state index is 0.235. The molecule has 0 unspecified atom stereocenters. The first-order valence-corrected chi connectivity index (χ1v) is 6.55. The van der Waals surface area contributed by atoms with Crippen molar-refractivity contribution in [2.45, 2.75) is 32.6 Å². The number of hydrogen-bond acceptors (Lipinski definition) is 3. The summed E-state index contributed by atoms with van der Waals surface area (Å²) >= 11 is 0. The van der Waals surface area contributed by atoms with Crippen LogP contribution >= 0.6 is 0 Å². The van der Waals surface area contributed by atoms with Crippen LogP contribution in [0.5, 0.6) is 0 Å². The van der Waals surface area contributed by atoms with Crippen molar-refractivity contribution in [2.75, 3.05) is 12.9 Å². The van der Waals surface area contributed by atoms with Gasteiger partial charge in [0, 0.05) is 0 Å². The maximum atomic E-state index is 10.8. The van der Waals surface area contributed by atoms with Gasteiger partial charge in [-0.1, -0.05) is 13.3 Å². The fourth-order valence-corrected chi connectivity index (χ4v) is 3.46. The lowest BCUT2D eigenvalue weighted by Gasteiger charge is -2.70. The van der Waals surface area contributed by atoms with Gasteiger partial charge in [-0.3, -0.25) is 4.18 Å². The lowest BCUT2D eigenvalue weighted by molar-refractivity contribution is -0.219. The van der Waals surface area contributed by atoms with E-state index in [0.717, 1.165) is 6.26 Å². The van der Waals surface area contributed by atoms with E-state index in [0.29, 0.717) is 12.0 Å². The lowest BCUT2D eigenvalue weighted by atomic mass is 9.35. The Kier molecular flexibility index (Phi) is 1.81. The molecule has 0 aromatic rings. The summed E-state index contributed by atoms with van der Waals surface area (Å²) in [5.74, 6) is 0. The molecule has 0 heterocycles. The van der Waals surface area contributed by atoms with Crippen LogP contribution in [0.4, 0.5) is 0 Å². The van der Waals surface area contributed by atoms with Gasteiger partial charge in [0.25, 0.3) is 10.1 Å². The van der Waals surface area contributed by atoms with Gasteiger partial charge in [0.05, 0.1) is 12.9 Å². The Bertz CT molecular complexity index is 298. The minimum atomic E-state index is -3.24. The van der Waals surface area contributed by atoms with Gasteiger partial charge < -0.3 is 0 Å². The van der Waals surface area contributed by atoms with Crippen molar-refractivity contribution >= 4 is 10.1 Å². The topological polar surface area (TPSA) is 43.4 Å². The lowest BCUT2D eigenvalue weighted by Crippen LogP contribution is -2.63. The zero-order chi connectivity index (χ0) is 9.74. The second kappa shape index (κ2) is 2.48. The summed E-state index contributed by atoms with van der Waals surface area (Å²) in [6.45, 7) is 2.62. The Labute approximate surface area is 79.6 Å². The SMILES string of the molecule is CCC12CC(COS(C)(=O)=O)(C1)C2. The van der Waals surface area contributed by atoms with Gasteiger partial charge >= 0.3 is 0 Å². The molecule has 0 aromatic heterocycles. The maximum Gasteiger partial charge on any atom is 0.264 e. The monoisotopic (exact) mass is 204 g/mol. The minimum Gasteiger partial charge on any atom is -0.270 e. The Morgan fingerprint density at radius 1 is 1.23 bits per heavy atom. The predicted octanol–water partition coefficient (Wildman–Crippen LogP) is 1.54. The zero-order valence-corrected chi connectivity index (χ0v) is 8.99. The Hall–Kier alpha value is -0.0900. The highest BCUT2D eigenvalue weighted by Crippen LogP contribution is 2.74. The van der Waals surface area contributed by atoms with Gasteiger partial charge in [-0.05, 0) is 30.1 Å². The molecular formula is C9H16O3S. The first kappa shape index (κ1) is 9.46. The Morgan fingerprint density at radius 3 is 2.15 bits per heavy atom. The average Bonchev–Trinajstić information content (AvgIpc) is 1.79. The summed E-state index contributed by atoms with van der Waals surface area (Å²) < 4.78 is 26.4. The zero-order valence-electron chi connectivity index (χ0n) is 8.17. The van der Waals surface area contributed by atoms with Crippen molar-refractivity contribution in [3.8, 4) is 0 Å². The summed E-state index contributed by atoms with van der Waals surface area (Å²) in [7, 11) is -3.24. The molecule has 3 aliphatic carbocycles. The molecule has 3 rings (SSSR count). The largest absolute Gasteiger partial charge is 0.270 e. The molecule has 4 heteroatoms. The first-order chi connectivity index (χ1) is 5.89. The summed E-state index contributed by atoms with van der Waals surface area (Å²) in [6, 6.07) is 0. The first-order valence-electron chi connectivity index (χ1n) is 4.73. The molecule has 76 valence electrons. The molecule has 3 nitrogen and oxygen atoms in total. The van der Waals surface area contributed by atoms with Gasteiger partial charge in [-0.15, -0.1) is 0 Å². The molecule has 3 fully saturated rings. The van der Waals surface area contributed by atoms with Crippen LogP contribution in [0.1, 0.15) is 32.6 Å². The van der Waals surface area contributed by atoms with E-state index in [2.05, 4.69) is 6.92 Å². The third-order valence-corrected chi connectivity index (χ3v) is 4.13.